The largest absolute Gasteiger partial charge is 0.497 e. The number of methoxy groups -OCH3 is 2. The molecule has 2 heterocycles. The zero-order valence-electron chi connectivity index (χ0n) is 13.6. The summed E-state index contributed by atoms with van der Waals surface area (Å²) in [7, 11) is 3.18. The van der Waals surface area contributed by atoms with E-state index in [2.05, 4.69) is 17.0 Å². The van der Waals surface area contributed by atoms with Crippen LogP contribution >= 0.6 is 0 Å². The lowest BCUT2D eigenvalue weighted by molar-refractivity contribution is 0.0694. The number of benzene rings is 1. The Morgan fingerprint density at radius 1 is 1.00 bits per heavy atom. The van der Waals surface area contributed by atoms with Crippen molar-refractivity contribution >= 4 is 5.91 Å². The van der Waals surface area contributed by atoms with Crippen molar-refractivity contribution in [2.24, 2.45) is 0 Å². The van der Waals surface area contributed by atoms with Crippen molar-refractivity contribution in [2.45, 2.75) is 18.9 Å². The summed E-state index contributed by atoms with van der Waals surface area (Å²) < 4.78 is 12.7. The van der Waals surface area contributed by atoms with E-state index in [1.165, 1.54) is 0 Å². The van der Waals surface area contributed by atoms with Gasteiger partial charge in [0.2, 0.25) is 0 Å². The van der Waals surface area contributed by atoms with E-state index in [1.807, 2.05) is 17.0 Å². The highest BCUT2D eigenvalue weighted by Crippen LogP contribution is 2.27. The van der Waals surface area contributed by atoms with Gasteiger partial charge in [0.15, 0.2) is 0 Å². The molecule has 1 aliphatic heterocycles. The number of piperidine rings is 1. The van der Waals surface area contributed by atoms with Crippen molar-refractivity contribution in [3.8, 4) is 11.5 Å². The van der Waals surface area contributed by atoms with Crippen LogP contribution in [0.3, 0.4) is 0 Å². The van der Waals surface area contributed by atoms with Crippen LogP contribution in [0, 0.1) is 0 Å². The fourth-order valence-electron chi connectivity index (χ4n) is 3.07. The van der Waals surface area contributed by atoms with E-state index >= 15 is 0 Å². The average Bonchev–Trinajstić information content (AvgIpc) is 3.15. The molecule has 1 aliphatic rings. The Kier molecular flexibility index (Phi) is 4.55. The first-order valence-electron chi connectivity index (χ1n) is 7.86. The Morgan fingerprint density at radius 3 is 2.09 bits per heavy atom. The number of hydrogen-bond acceptors (Lipinski definition) is 3. The third kappa shape index (κ3) is 3.33. The zero-order valence-corrected chi connectivity index (χ0v) is 13.6. The number of aromatic nitrogens is 1. The van der Waals surface area contributed by atoms with Crippen molar-refractivity contribution in [3.63, 3.8) is 0 Å². The molecule has 2 aromatic rings. The molecule has 0 bridgehead atoms. The van der Waals surface area contributed by atoms with Crippen LogP contribution in [0.5, 0.6) is 11.5 Å². The van der Waals surface area contributed by atoms with Crippen molar-refractivity contribution in [1.82, 2.24) is 9.47 Å². The number of ether oxygens (including phenoxy) is 2. The monoisotopic (exact) mass is 314 g/mol. The standard InChI is InChI=1S/C18H22N2O3/c1-22-16-11-14(12-17(13-16)23-2)18(21)20-9-5-15(6-10-20)19-7-3-4-8-19/h3-4,7-8,11-13,15H,5-6,9-10H2,1-2H3. The summed E-state index contributed by atoms with van der Waals surface area (Å²) in [5, 5.41) is 0. The predicted molar refractivity (Wildman–Crippen MR) is 88.2 cm³/mol. The van der Waals surface area contributed by atoms with Crippen LogP contribution in [0.25, 0.3) is 0 Å². The van der Waals surface area contributed by atoms with E-state index in [4.69, 9.17) is 9.47 Å². The van der Waals surface area contributed by atoms with Crippen LogP contribution in [0.1, 0.15) is 29.2 Å². The summed E-state index contributed by atoms with van der Waals surface area (Å²) in [6.45, 7) is 1.53. The lowest BCUT2D eigenvalue weighted by Crippen LogP contribution is -2.38. The van der Waals surface area contributed by atoms with Crippen LogP contribution in [0.2, 0.25) is 0 Å². The van der Waals surface area contributed by atoms with E-state index < -0.39 is 0 Å². The summed E-state index contributed by atoms with van der Waals surface area (Å²) in [5.41, 5.74) is 0.612. The number of amides is 1. The highest BCUT2D eigenvalue weighted by Gasteiger charge is 2.24. The second kappa shape index (κ2) is 6.77. The maximum absolute atomic E-state index is 12.7. The molecule has 0 unspecified atom stereocenters. The molecule has 23 heavy (non-hydrogen) atoms. The molecule has 1 fully saturated rings. The highest BCUT2D eigenvalue weighted by molar-refractivity contribution is 5.95. The van der Waals surface area contributed by atoms with Crippen molar-refractivity contribution in [1.29, 1.82) is 0 Å². The molecule has 1 saturated heterocycles. The van der Waals surface area contributed by atoms with Crippen LogP contribution < -0.4 is 9.47 Å². The predicted octanol–water partition coefficient (Wildman–Crippen LogP) is 2.98. The van der Waals surface area contributed by atoms with Gasteiger partial charge in [0, 0.05) is 43.2 Å². The van der Waals surface area contributed by atoms with Gasteiger partial charge in [-0.05, 0) is 37.1 Å². The molecule has 5 heteroatoms. The van der Waals surface area contributed by atoms with Gasteiger partial charge in [0.1, 0.15) is 11.5 Å². The lowest BCUT2D eigenvalue weighted by atomic mass is 10.0. The van der Waals surface area contributed by atoms with Crippen molar-refractivity contribution in [3.05, 3.63) is 48.3 Å². The minimum Gasteiger partial charge on any atom is -0.497 e. The van der Waals surface area contributed by atoms with E-state index in [0.717, 1.165) is 25.9 Å². The van der Waals surface area contributed by atoms with Gasteiger partial charge in [-0.15, -0.1) is 0 Å². The third-order valence-electron chi connectivity index (χ3n) is 4.40. The maximum Gasteiger partial charge on any atom is 0.254 e. The Bertz CT molecular complexity index is 637. The molecule has 3 rings (SSSR count). The van der Waals surface area contributed by atoms with Crippen LogP contribution in [0.15, 0.2) is 42.7 Å². The zero-order chi connectivity index (χ0) is 16.2. The quantitative estimate of drug-likeness (QED) is 0.871. The van der Waals surface area contributed by atoms with E-state index in [9.17, 15) is 4.79 Å². The van der Waals surface area contributed by atoms with E-state index in [0.29, 0.717) is 23.1 Å². The van der Waals surface area contributed by atoms with Crippen LogP contribution in [-0.4, -0.2) is 42.7 Å². The molecule has 0 N–H and O–H groups in total. The van der Waals surface area contributed by atoms with Gasteiger partial charge in [0.05, 0.1) is 14.2 Å². The van der Waals surface area contributed by atoms with Gasteiger partial charge in [-0.25, -0.2) is 0 Å². The number of hydrogen-bond donors (Lipinski definition) is 0. The Labute approximate surface area is 136 Å². The molecule has 5 nitrogen and oxygen atoms in total. The average molecular weight is 314 g/mol. The first-order valence-corrected chi connectivity index (χ1v) is 7.86. The molecule has 1 amide bonds. The second-order valence-electron chi connectivity index (χ2n) is 5.75. The second-order valence-corrected chi connectivity index (χ2v) is 5.75. The Hall–Kier alpha value is -2.43. The smallest absolute Gasteiger partial charge is 0.254 e. The minimum atomic E-state index is 0.0353. The number of nitrogens with zero attached hydrogens (tertiary/aromatic N) is 2. The van der Waals surface area contributed by atoms with Crippen LogP contribution in [-0.2, 0) is 0 Å². The molecular weight excluding hydrogens is 292 g/mol. The molecule has 0 spiro atoms. The highest BCUT2D eigenvalue weighted by atomic mass is 16.5. The summed E-state index contributed by atoms with van der Waals surface area (Å²) in [6.07, 6.45) is 6.13. The fourth-order valence-corrected chi connectivity index (χ4v) is 3.07. The minimum absolute atomic E-state index is 0.0353. The molecule has 1 aromatic heterocycles. The van der Waals surface area contributed by atoms with Crippen LogP contribution in [0.4, 0.5) is 0 Å². The molecule has 0 atom stereocenters. The van der Waals surface area contributed by atoms with E-state index in [1.54, 1.807) is 32.4 Å². The van der Waals surface area contributed by atoms with Gasteiger partial charge in [-0.1, -0.05) is 0 Å². The summed E-state index contributed by atoms with van der Waals surface area (Å²) in [6, 6.07) is 9.87. The molecule has 0 aliphatic carbocycles. The Morgan fingerprint density at radius 2 is 1.57 bits per heavy atom. The lowest BCUT2D eigenvalue weighted by Gasteiger charge is -2.33. The SMILES string of the molecule is COc1cc(OC)cc(C(=O)N2CCC(n3cccc3)CC2)c1. The number of rotatable bonds is 4. The van der Waals surface area contributed by atoms with Gasteiger partial charge >= 0.3 is 0 Å². The first-order chi connectivity index (χ1) is 11.2. The maximum atomic E-state index is 12.7. The topological polar surface area (TPSA) is 43.7 Å². The molecule has 0 radical (unpaired) electrons. The van der Waals surface area contributed by atoms with Gasteiger partial charge in [0.25, 0.3) is 5.91 Å². The van der Waals surface area contributed by atoms with Crippen molar-refractivity contribution < 1.29 is 14.3 Å². The Balaban J connectivity index is 1.70. The van der Waals surface area contributed by atoms with Crippen molar-refractivity contribution in [2.75, 3.05) is 27.3 Å². The molecule has 0 saturated carbocycles. The normalized spacial score (nSPS) is 15.5. The molecule has 122 valence electrons. The third-order valence-corrected chi connectivity index (χ3v) is 4.40. The first kappa shape index (κ1) is 15.5. The number of carbonyl (C=O) groups is 1. The molecular formula is C18H22N2O3. The number of likely N-dealkylation sites (tertiary alicyclic amines) is 1. The number of carbonyl (C=O) groups excluding carboxylic acids is 1. The molecule has 1 aromatic carbocycles. The van der Waals surface area contributed by atoms with Gasteiger partial charge in [-0.3, -0.25) is 4.79 Å². The summed E-state index contributed by atoms with van der Waals surface area (Å²) in [4.78, 5) is 14.6. The van der Waals surface area contributed by atoms with E-state index in [-0.39, 0.29) is 5.91 Å². The summed E-state index contributed by atoms with van der Waals surface area (Å²) >= 11 is 0. The fraction of sp³-hybridized carbons (Fsp3) is 0.389. The summed E-state index contributed by atoms with van der Waals surface area (Å²) in [5.74, 6) is 1.30. The van der Waals surface area contributed by atoms with Gasteiger partial charge < -0.3 is 18.9 Å². The van der Waals surface area contributed by atoms with Gasteiger partial charge in [-0.2, -0.15) is 0 Å².